The number of para-hydroxylation sites is 2. The summed E-state index contributed by atoms with van der Waals surface area (Å²) in [5.74, 6) is 1.32. The zero-order valence-electron chi connectivity index (χ0n) is 18.2. The van der Waals surface area contributed by atoms with Crippen LogP contribution in [0.2, 0.25) is 0 Å². The second-order valence-corrected chi connectivity index (χ2v) is 7.89. The number of carbonyl (C=O) groups is 1. The van der Waals surface area contributed by atoms with Crippen molar-refractivity contribution in [2.24, 2.45) is 0 Å². The van der Waals surface area contributed by atoms with Gasteiger partial charge in [0.1, 0.15) is 18.2 Å². The van der Waals surface area contributed by atoms with Crippen molar-refractivity contribution in [3.63, 3.8) is 0 Å². The van der Waals surface area contributed by atoms with Gasteiger partial charge in [-0.1, -0.05) is 54.6 Å². The maximum absolute atomic E-state index is 12.9. The number of aryl methyl sites for hydroxylation is 1. The topological polar surface area (TPSA) is 67.0 Å². The van der Waals surface area contributed by atoms with Crippen LogP contribution in [0.25, 0.3) is 22.4 Å². The van der Waals surface area contributed by atoms with Gasteiger partial charge in [-0.05, 0) is 60.5 Å². The van der Waals surface area contributed by atoms with E-state index in [1.807, 2.05) is 91.9 Å². The number of nitrogens with zero attached hydrogens (tertiary/aromatic N) is 1. The van der Waals surface area contributed by atoms with E-state index in [0.29, 0.717) is 12.2 Å². The van der Waals surface area contributed by atoms with Crippen LogP contribution in [0.4, 0.5) is 5.69 Å². The van der Waals surface area contributed by atoms with Crippen LogP contribution in [0.3, 0.4) is 0 Å². The minimum Gasteiger partial charge on any atom is -0.489 e. The largest absolute Gasteiger partial charge is 0.489 e. The van der Waals surface area contributed by atoms with E-state index in [9.17, 15) is 4.79 Å². The number of fused-ring (bicyclic) bond motifs is 1. The molecule has 0 atom stereocenters. The minimum absolute atomic E-state index is 0.172. The molecule has 0 bridgehead atoms. The maximum atomic E-state index is 12.9. The molecule has 5 nitrogen and oxygen atoms in total. The Bertz CT molecular complexity index is 1370. The van der Waals surface area contributed by atoms with Gasteiger partial charge in [0.15, 0.2) is 0 Å². The van der Waals surface area contributed by atoms with Gasteiger partial charge in [0.05, 0.1) is 11.0 Å². The molecule has 0 fully saturated rings. The third-order valence-electron chi connectivity index (χ3n) is 5.51. The predicted molar refractivity (Wildman–Crippen MR) is 131 cm³/mol. The molecule has 33 heavy (non-hydrogen) atoms. The molecule has 0 aliphatic carbocycles. The SMILES string of the molecule is Cc1ccc(-c2nc3ccccc3[nH]2)cc1NC(=O)c1ccc(OCc2ccccc2)cc1. The van der Waals surface area contributed by atoms with Gasteiger partial charge in [0, 0.05) is 16.8 Å². The lowest BCUT2D eigenvalue weighted by Gasteiger charge is -2.11. The normalized spacial score (nSPS) is 10.8. The van der Waals surface area contributed by atoms with E-state index < -0.39 is 0 Å². The highest BCUT2D eigenvalue weighted by molar-refractivity contribution is 6.05. The first kappa shape index (κ1) is 20.5. The standard InChI is InChI=1S/C28H23N3O2/c1-19-11-12-22(27-29-24-9-5-6-10-25(24)30-27)17-26(19)31-28(32)21-13-15-23(16-14-21)33-18-20-7-3-2-4-8-20/h2-17H,18H2,1H3,(H,29,30)(H,31,32). The van der Waals surface area contributed by atoms with Gasteiger partial charge >= 0.3 is 0 Å². The lowest BCUT2D eigenvalue weighted by atomic mass is 10.1. The molecule has 0 radical (unpaired) electrons. The van der Waals surface area contributed by atoms with E-state index in [1.165, 1.54) is 0 Å². The molecule has 1 heterocycles. The third-order valence-corrected chi connectivity index (χ3v) is 5.51. The molecule has 4 aromatic carbocycles. The quantitative estimate of drug-likeness (QED) is 0.327. The Labute approximate surface area is 192 Å². The predicted octanol–water partition coefficient (Wildman–Crippen LogP) is 6.37. The molecule has 0 saturated carbocycles. The Morgan fingerprint density at radius 1 is 0.909 bits per heavy atom. The van der Waals surface area contributed by atoms with Gasteiger partial charge < -0.3 is 15.0 Å². The molecule has 0 spiro atoms. The van der Waals surface area contributed by atoms with Crippen LogP contribution in [0.15, 0.2) is 97.1 Å². The average Bonchev–Trinajstić information content (AvgIpc) is 3.29. The highest BCUT2D eigenvalue weighted by Crippen LogP contribution is 2.26. The zero-order chi connectivity index (χ0) is 22.6. The highest BCUT2D eigenvalue weighted by atomic mass is 16.5. The summed E-state index contributed by atoms with van der Waals surface area (Å²) < 4.78 is 5.81. The van der Waals surface area contributed by atoms with Gasteiger partial charge in [0.25, 0.3) is 5.91 Å². The minimum atomic E-state index is -0.172. The van der Waals surface area contributed by atoms with Crippen molar-refractivity contribution in [1.29, 1.82) is 0 Å². The van der Waals surface area contributed by atoms with Gasteiger partial charge in [-0.3, -0.25) is 4.79 Å². The van der Waals surface area contributed by atoms with Crippen LogP contribution in [-0.2, 0) is 6.61 Å². The Hall–Kier alpha value is -4.38. The van der Waals surface area contributed by atoms with Gasteiger partial charge in [-0.25, -0.2) is 4.98 Å². The number of nitrogens with one attached hydrogen (secondary N) is 2. The molecule has 2 N–H and O–H groups in total. The number of hydrogen-bond donors (Lipinski definition) is 2. The molecule has 0 saturated heterocycles. The third kappa shape index (κ3) is 4.62. The number of rotatable bonds is 6. The number of benzene rings is 4. The first-order valence-electron chi connectivity index (χ1n) is 10.8. The van der Waals surface area contributed by atoms with Crippen molar-refractivity contribution < 1.29 is 9.53 Å². The Morgan fingerprint density at radius 3 is 2.45 bits per heavy atom. The first-order chi connectivity index (χ1) is 16.2. The maximum Gasteiger partial charge on any atom is 0.255 e. The fraction of sp³-hybridized carbons (Fsp3) is 0.0714. The van der Waals surface area contributed by atoms with Crippen LogP contribution in [-0.4, -0.2) is 15.9 Å². The molecule has 162 valence electrons. The van der Waals surface area contributed by atoms with Crippen LogP contribution in [0.1, 0.15) is 21.5 Å². The van der Waals surface area contributed by atoms with Crippen LogP contribution in [0, 0.1) is 6.92 Å². The van der Waals surface area contributed by atoms with E-state index in [-0.39, 0.29) is 5.91 Å². The van der Waals surface area contributed by atoms with Crippen LogP contribution < -0.4 is 10.1 Å². The number of H-pyrrole nitrogens is 1. The fourth-order valence-corrected chi connectivity index (χ4v) is 3.63. The van der Waals surface area contributed by atoms with E-state index in [1.54, 1.807) is 12.1 Å². The summed E-state index contributed by atoms with van der Waals surface area (Å²) in [5.41, 5.74) is 6.20. The number of aromatic nitrogens is 2. The summed E-state index contributed by atoms with van der Waals surface area (Å²) in [4.78, 5) is 20.9. The highest BCUT2D eigenvalue weighted by Gasteiger charge is 2.11. The molecule has 1 amide bonds. The molecule has 5 rings (SSSR count). The average molecular weight is 434 g/mol. The number of carbonyl (C=O) groups excluding carboxylic acids is 1. The molecule has 5 aromatic rings. The number of hydrogen-bond acceptors (Lipinski definition) is 3. The van der Waals surface area contributed by atoms with Crippen LogP contribution in [0.5, 0.6) is 5.75 Å². The van der Waals surface area contributed by atoms with Crippen molar-refractivity contribution in [3.05, 3.63) is 114 Å². The van der Waals surface area contributed by atoms with E-state index in [4.69, 9.17) is 4.74 Å². The summed E-state index contributed by atoms with van der Waals surface area (Å²) in [7, 11) is 0. The molecule has 0 unspecified atom stereocenters. The molecule has 5 heteroatoms. The van der Waals surface area contributed by atoms with Crippen molar-refractivity contribution in [1.82, 2.24) is 9.97 Å². The molecule has 0 aliphatic rings. The molecule has 1 aromatic heterocycles. The van der Waals surface area contributed by atoms with Crippen LogP contribution >= 0.6 is 0 Å². The zero-order valence-corrected chi connectivity index (χ0v) is 18.2. The molecular formula is C28H23N3O2. The number of amides is 1. The first-order valence-corrected chi connectivity index (χ1v) is 10.8. The second-order valence-electron chi connectivity index (χ2n) is 7.89. The molecule has 0 aliphatic heterocycles. The monoisotopic (exact) mass is 433 g/mol. The Balaban J connectivity index is 1.29. The number of imidazole rings is 1. The van der Waals surface area contributed by atoms with Crippen molar-refractivity contribution >= 4 is 22.6 Å². The van der Waals surface area contributed by atoms with E-state index >= 15 is 0 Å². The lowest BCUT2D eigenvalue weighted by molar-refractivity contribution is 0.102. The fourth-order valence-electron chi connectivity index (χ4n) is 3.63. The summed E-state index contributed by atoms with van der Waals surface area (Å²) in [6.07, 6.45) is 0. The van der Waals surface area contributed by atoms with Crippen molar-refractivity contribution in [2.45, 2.75) is 13.5 Å². The summed E-state index contributed by atoms with van der Waals surface area (Å²) >= 11 is 0. The molecular weight excluding hydrogens is 410 g/mol. The number of ether oxygens (including phenoxy) is 1. The Morgan fingerprint density at radius 2 is 1.67 bits per heavy atom. The van der Waals surface area contributed by atoms with Gasteiger partial charge in [-0.2, -0.15) is 0 Å². The second kappa shape index (κ2) is 9.01. The van der Waals surface area contributed by atoms with Gasteiger partial charge in [0.2, 0.25) is 0 Å². The Kier molecular flexibility index (Phi) is 5.60. The van der Waals surface area contributed by atoms with Crippen molar-refractivity contribution in [2.75, 3.05) is 5.32 Å². The number of aromatic amines is 1. The van der Waals surface area contributed by atoms with E-state index in [2.05, 4.69) is 15.3 Å². The lowest BCUT2D eigenvalue weighted by Crippen LogP contribution is -2.12. The van der Waals surface area contributed by atoms with E-state index in [0.717, 1.165) is 45.0 Å². The number of anilines is 1. The summed E-state index contributed by atoms with van der Waals surface area (Å²) in [5, 5.41) is 3.03. The van der Waals surface area contributed by atoms with Crippen molar-refractivity contribution in [3.8, 4) is 17.1 Å². The summed E-state index contributed by atoms with van der Waals surface area (Å²) in [6.45, 7) is 2.46. The van der Waals surface area contributed by atoms with Gasteiger partial charge in [-0.15, -0.1) is 0 Å². The smallest absolute Gasteiger partial charge is 0.255 e. The summed E-state index contributed by atoms with van der Waals surface area (Å²) in [6, 6.07) is 31.0.